The number of benzene rings is 2. The van der Waals surface area contributed by atoms with Crippen LogP contribution in [-0.2, 0) is 4.79 Å². The predicted octanol–water partition coefficient (Wildman–Crippen LogP) is 5.80. The quantitative estimate of drug-likeness (QED) is 0.236. The number of carbonyl (C=O) groups excluding carboxylic acids is 3. The number of anilines is 3. The van der Waals surface area contributed by atoms with Gasteiger partial charge in [0.2, 0.25) is 5.91 Å². The van der Waals surface area contributed by atoms with Crippen molar-refractivity contribution in [2.45, 2.75) is 44.7 Å². The monoisotopic (exact) mass is 598 g/mol. The van der Waals surface area contributed by atoms with E-state index in [1.807, 2.05) is 74.4 Å². The minimum Gasteiger partial charge on any atom is -0.457 e. The van der Waals surface area contributed by atoms with Gasteiger partial charge in [-0.3, -0.25) is 14.5 Å². The van der Waals surface area contributed by atoms with Crippen LogP contribution >= 0.6 is 11.3 Å². The van der Waals surface area contributed by atoms with E-state index in [1.165, 1.54) is 11.3 Å². The molecular weight excluding hydrogens is 564 g/mol. The summed E-state index contributed by atoms with van der Waals surface area (Å²) in [6.45, 7) is 2.22. The summed E-state index contributed by atoms with van der Waals surface area (Å²) in [6.07, 6.45) is 5.19. The maximum absolute atomic E-state index is 13.7. The van der Waals surface area contributed by atoms with Gasteiger partial charge < -0.3 is 25.6 Å². The fraction of sp³-hybridized carbons (Fsp3) is 0.312. The molecule has 6 rings (SSSR count). The van der Waals surface area contributed by atoms with E-state index in [2.05, 4.69) is 20.9 Å². The number of urea groups is 1. The number of thiophene rings is 1. The van der Waals surface area contributed by atoms with Gasteiger partial charge in [0.15, 0.2) is 0 Å². The molecule has 43 heavy (non-hydrogen) atoms. The minimum absolute atomic E-state index is 0.0655. The van der Waals surface area contributed by atoms with Gasteiger partial charge in [-0.2, -0.15) is 0 Å². The van der Waals surface area contributed by atoms with Crippen LogP contribution in [0.25, 0.3) is 10.2 Å². The van der Waals surface area contributed by atoms with Crippen LogP contribution in [0.3, 0.4) is 0 Å². The first kappa shape index (κ1) is 28.6. The maximum Gasteiger partial charge on any atom is 0.331 e. The molecule has 1 aliphatic carbocycles. The Balaban J connectivity index is 1.27. The van der Waals surface area contributed by atoms with Crippen LogP contribution in [0.5, 0.6) is 11.5 Å². The van der Waals surface area contributed by atoms with E-state index in [0.29, 0.717) is 32.5 Å². The lowest BCUT2D eigenvalue weighted by molar-refractivity contribution is -0.122. The smallest absolute Gasteiger partial charge is 0.331 e. The zero-order chi connectivity index (χ0) is 30.1. The van der Waals surface area contributed by atoms with Crippen molar-refractivity contribution in [2.75, 3.05) is 30.9 Å². The van der Waals surface area contributed by atoms with Gasteiger partial charge in [-0.15, -0.1) is 11.3 Å². The number of hydrogen-bond donors (Lipinski definition) is 3. The lowest BCUT2D eigenvalue weighted by atomic mass is 9.90. The van der Waals surface area contributed by atoms with E-state index in [0.717, 1.165) is 42.4 Å². The van der Waals surface area contributed by atoms with E-state index in [-0.39, 0.29) is 36.5 Å². The Morgan fingerprint density at radius 3 is 2.49 bits per heavy atom. The van der Waals surface area contributed by atoms with Crippen molar-refractivity contribution in [2.24, 2.45) is 0 Å². The SMILES string of the molecule is Cc1cc(Oc2ccccc2)ccc1N1C(=O)Nc2c(C(=O)N[C@@H]3CCCC[C@H]3NC(=O)CN(C)C)sc3nccc1c23. The molecule has 3 heterocycles. The fourth-order valence-corrected chi connectivity index (χ4v) is 6.82. The summed E-state index contributed by atoms with van der Waals surface area (Å²) < 4.78 is 5.98. The first-order chi connectivity index (χ1) is 20.8. The van der Waals surface area contributed by atoms with E-state index in [4.69, 9.17) is 4.74 Å². The number of likely N-dealkylation sites (N-methyl/N-ethyl adjacent to an activating group) is 1. The van der Waals surface area contributed by atoms with Gasteiger partial charge in [-0.25, -0.2) is 9.78 Å². The number of carbonyl (C=O) groups is 3. The number of hydrogen-bond acceptors (Lipinski definition) is 7. The second-order valence-electron chi connectivity index (χ2n) is 11.2. The van der Waals surface area contributed by atoms with E-state index in [1.54, 1.807) is 17.2 Å². The summed E-state index contributed by atoms with van der Waals surface area (Å²) in [5, 5.41) is 9.95. The van der Waals surface area contributed by atoms with Gasteiger partial charge in [0.1, 0.15) is 21.2 Å². The second kappa shape index (κ2) is 12.0. The molecule has 0 saturated heterocycles. The molecule has 0 radical (unpaired) electrons. The van der Waals surface area contributed by atoms with Gasteiger partial charge in [-0.1, -0.05) is 31.0 Å². The summed E-state index contributed by atoms with van der Waals surface area (Å²) in [6, 6.07) is 16.2. The Bertz CT molecular complexity index is 1690. The first-order valence-corrected chi connectivity index (χ1v) is 15.2. The summed E-state index contributed by atoms with van der Waals surface area (Å²) in [7, 11) is 3.70. The highest BCUT2D eigenvalue weighted by Crippen LogP contribution is 2.46. The van der Waals surface area contributed by atoms with Crippen molar-refractivity contribution < 1.29 is 19.1 Å². The molecule has 1 aliphatic heterocycles. The van der Waals surface area contributed by atoms with E-state index < -0.39 is 0 Å². The normalized spacial score (nSPS) is 18.0. The highest BCUT2D eigenvalue weighted by molar-refractivity contribution is 7.21. The highest BCUT2D eigenvalue weighted by Gasteiger charge is 2.35. The third kappa shape index (κ3) is 5.91. The summed E-state index contributed by atoms with van der Waals surface area (Å²) in [5.74, 6) is 1.04. The molecule has 11 heteroatoms. The predicted molar refractivity (Wildman–Crippen MR) is 169 cm³/mol. The molecule has 0 spiro atoms. The van der Waals surface area contributed by atoms with Crippen molar-refractivity contribution in [1.82, 2.24) is 20.5 Å². The average molecular weight is 599 g/mol. The Morgan fingerprint density at radius 1 is 1.02 bits per heavy atom. The zero-order valence-corrected chi connectivity index (χ0v) is 25.2. The third-order valence-corrected chi connectivity index (χ3v) is 8.83. The fourth-order valence-electron chi connectivity index (χ4n) is 5.80. The number of ether oxygens (including phenoxy) is 1. The molecule has 1 saturated carbocycles. The van der Waals surface area contributed by atoms with Crippen LogP contribution in [0.15, 0.2) is 60.8 Å². The number of aromatic nitrogens is 1. The van der Waals surface area contributed by atoms with Crippen molar-refractivity contribution >= 4 is 56.5 Å². The number of para-hydroxylation sites is 1. The number of pyridine rings is 1. The molecule has 10 nitrogen and oxygen atoms in total. The molecule has 222 valence electrons. The minimum atomic E-state index is -0.362. The van der Waals surface area contributed by atoms with Crippen LogP contribution in [0.2, 0.25) is 0 Å². The lowest BCUT2D eigenvalue weighted by Gasteiger charge is -2.33. The largest absolute Gasteiger partial charge is 0.457 e. The Labute approximate surface area is 254 Å². The molecule has 2 aromatic heterocycles. The average Bonchev–Trinajstić information content (AvgIpc) is 3.34. The van der Waals surface area contributed by atoms with Crippen LogP contribution in [0.4, 0.5) is 21.9 Å². The Kier molecular flexibility index (Phi) is 8.00. The molecule has 2 atom stereocenters. The standard InChI is InChI=1S/C32H34N6O4S/c1-19-17-21(42-20-9-5-4-6-10-20)13-14-24(19)38-25-15-16-33-31-27(25)28(36-32(38)41)29(43-31)30(40)35-23-12-8-7-11-22(23)34-26(39)18-37(2)3/h4-6,9-10,13-17,22-23H,7-8,11-12,18H2,1-3H3,(H,34,39)(H,35,40)(H,36,41)/t22-,23-/m1/s1. The summed E-state index contributed by atoms with van der Waals surface area (Å²) in [5.41, 5.74) is 2.68. The van der Waals surface area contributed by atoms with Gasteiger partial charge in [0, 0.05) is 18.3 Å². The molecular formula is C32H34N6O4S. The van der Waals surface area contributed by atoms with E-state index in [9.17, 15) is 14.4 Å². The zero-order valence-electron chi connectivity index (χ0n) is 24.3. The van der Waals surface area contributed by atoms with Crippen LogP contribution < -0.4 is 25.6 Å². The lowest BCUT2D eigenvalue weighted by Crippen LogP contribution is -2.54. The molecule has 0 unspecified atom stereocenters. The number of rotatable bonds is 8. The summed E-state index contributed by atoms with van der Waals surface area (Å²) >= 11 is 1.25. The van der Waals surface area contributed by atoms with Crippen LogP contribution in [-0.4, -0.2) is 60.5 Å². The van der Waals surface area contributed by atoms with Gasteiger partial charge >= 0.3 is 6.03 Å². The Morgan fingerprint density at radius 2 is 1.77 bits per heavy atom. The molecule has 2 aromatic carbocycles. The van der Waals surface area contributed by atoms with Crippen molar-refractivity contribution in [1.29, 1.82) is 0 Å². The van der Waals surface area contributed by atoms with Gasteiger partial charge in [0.05, 0.1) is 29.0 Å². The number of aryl methyl sites for hydroxylation is 1. The van der Waals surface area contributed by atoms with Crippen LogP contribution in [0, 0.1) is 6.92 Å². The third-order valence-electron chi connectivity index (χ3n) is 7.73. The molecule has 2 aliphatic rings. The van der Waals surface area contributed by atoms with E-state index >= 15 is 0 Å². The van der Waals surface area contributed by atoms with Crippen molar-refractivity contribution in [3.63, 3.8) is 0 Å². The van der Waals surface area contributed by atoms with Crippen molar-refractivity contribution in [3.05, 3.63) is 71.2 Å². The molecule has 0 bridgehead atoms. The molecule has 4 amide bonds. The van der Waals surface area contributed by atoms with Gasteiger partial charge in [0.25, 0.3) is 5.91 Å². The number of nitrogens with zero attached hydrogens (tertiary/aromatic N) is 3. The molecule has 4 aromatic rings. The highest BCUT2D eigenvalue weighted by atomic mass is 32.1. The van der Waals surface area contributed by atoms with Crippen LogP contribution in [0.1, 0.15) is 40.9 Å². The maximum atomic E-state index is 13.7. The molecule has 3 N–H and O–H groups in total. The topological polar surface area (TPSA) is 116 Å². The molecule has 1 fully saturated rings. The Hall–Kier alpha value is -4.48. The first-order valence-electron chi connectivity index (χ1n) is 14.4. The van der Waals surface area contributed by atoms with Crippen molar-refractivity contribution in [3.8, 4) is 11.5 Å². The number of amides is 4. The summed E-state index contributed by atoms with van der Waals surface area (Å²) in [4.78, 5) is 48.8. The number of nitrogens with one attached hydrogen (secondary N) is 3. The van der Waals surface area contributed by atoms with Gasteiger partial charge in [-0.05, 0) is 75.8 Å². The second-order valence-corrected chi connectivity index (χ2v) is 12.2.